The number of carbonyl (C=O) groups excluding carboxylic acids is 1. The Bertz CT molecular complexity index is 449. The lowest BCUT2D eigenvalue weighted by molar-refractivity contribution is -0.123. The van der Waals surface area contributed by atoms with Crippen LogP contribution in [0.25, 0.3) is 0 Å². The van der Waals surface area contributed by atoms with Crippen molar-refractivity contribution in [2.45, 2.75) is 26.8 Å². The van der Waals surface area contributed by atoms with Gasteiger partial charge in [0.05, 0.1) is 0 Å². The average Bonchev–Trinajstić information content (AvgIpc) is 2.42. The Hall–Kier alpha value is -1.07. The number of nitrogens with one attached hydrogen (secondary N) is 2. The van der Waals surface area contributed by atoms with Crippen molar-refractivity contribution in [1.82, 2.24) is 10.6 Å². The Balaban J connectivity index is 2.66. The molecule has 0 spiro atoms. The highest BCUT2D eigenvalue weighted by Crippen LogP contribution is 2.28. The van der Waals surface area contributed by atoms with E-state index in [1.54, 1.807) is 0 Å². The SMILES string of the molecule is CNC(C)c1ccc(Br)cc1OCC(=O)NCC(C)C. The molecular weight excluding hydrogens is 320 g/mol. The van der Waals surface area contributed by atoms with Crippen molar-refractivity contribution in [3.63, 3.8) is 0 Å². The maximum absolute atomic E-state index is 11.7. The van der Waals surface area contributed by atoms with Gasteiger partial charge in [-0.25, -0.2) is 0 Å². The van der Waals surface area contributed by atoms with Gasteiger partial charge in [-0.15, -0.1) is 0 Å². The van der Waals surface area contributed by atoms with Crippen LogP contribution in [-0.4, -0.2) is 26.1 Å². The van der Waals surface area contributed by atoms with E-state index in [9.17, 15) is 4.79 Å². The van der Waals surface area contributed by atoms with Crippen molar-refractivity contribution in [1.29, 1.82) is 0 Å². The lowest BCUT2D eigenvalue weighted by Crippen LogP contribution is -2.32. The largest absolute Gasteiger partial charge is 0.483 e. The van der Waals surface area contributed by atoms with Gasteiger partial charge in [0.15, 0.2) is 6.61 Å². The number of carbonyl (C=O) groups is 1. The number of benzene rings is 1. The molecule has 0 fully saturated rings. The van der Waals surface area contributed by atoms with E-state index in [0.29, 0.717) is 12.5 Å². The fourth-order valence-corrected chi connectivity index (χ4v) is 2.00. The third-order valence-corrected chi connectivity index (χ3v) is 3.43. The summed E-state index contributed by atoms with van der Waals surface area (Å²) in [6.45, 7) is 6.87. The molecule has 0 aliphatic heterocycles. The van der Waals surface area contributed by atoms with Gasteiger partial charge in [-0.2, -0.15) is 0 Å². The van der Waals surface area contributed by atoms with Crippen molar-refractivity contribution < 1.29 is 9.53 Å². The topological polar surface area (TPSA) is 50.4 Å². The molecule has 0 saturated carbocycles. The van der Waals surface area contributed by atoms with Crippen molar-refractivity contribution in [3.05, 3.63) is 28.2 Å². The quantitative estimate of drug-likeness (QED) is 0.800. The van der Waals surface area contributed by atoms with E-state index in [-0.39, 0.29) is 18.6 Å². The Morgan fingerprint density at radius 1 is 1.35 bits per heavy atom. The van der Waals surface area contributed by atoms with Gasteiger partial charge in [-0.3, -0.25) is 4.79 Å². The van der Waals surface area contributed by atoms with Gasteiger partial charge in [-0.05, 0) is 32.0 Å². The van der Waals surface area contributed by atoms with Gasteiger partial charge in [0, 0.05) is 22.6 Å². The van der Waals surface area contributed by atoms with Crippen molar-refractivity contribution in [2.24, 2.45) is 5.92 Å². The molecule has 0 aliphatic carbocycles. The zero-order chi connectivity index (χ0) is 15.1. The fourth-order valence-electron chi connectivity index (χ4n) is 1.66. The van der Waals surface area contributed by atoms with Crippen molar-refractivity contribution >= 4 is 21.8 Å². The summed E-state index contributed by atoms with van der Waals surface area (Å²) in [4.78, 5) is 11.7. The minimum absolute atomic E-state index is 0.0343. The molecule has 112 valence electrons. The number of hydrogen-bond acceptors (Lipinski definition) is 3. The zero-order valence-corrected chi connectivity index (χ0v) is 14.1. The van der Waals surface area contributed by atoms with Crippen LogP contribution >= 0.6 is 15.9 Å². The standard InChI is InChI=1S/C15H23BrN2O2/c1-10(2)8-18-15(19)9-20-14-7-12(16)5-6-13(14)11(3)17-4/h5-7,10-11,17H,8-9H2,1-4H3,(H,18,19). The van der Waals surface area contributed by atoms with E-state index >= 15 is 0 Å². The highest BCUT2D eigenvalue weighted by molar-refractivity contribution is 9.10. The number of rotatable bonds is 7. The van der Waals surface area contributed by atoms with E-state index in [0.717, 1.165) is 15.8 Å². The fraction of sp³-hybridized carbons (Fsp3) is 0.533. The molecule has 0 aromatic heterocycles. The maximum Gasteiger partial charge on any atom is 0.257 e. The average molecular weight is 343 g/mol. The molecule has 0 bridgehead atoms. The Morgan fingerprint density at radius 3 is 2.65 bits per heavy atom. The summed E-state index contributed by atoms with van der Waals surface area (Å²) >= 11 is 3.42. The minimum atomic E-state index is -0.0956. The number of halogens is 1. The van der Waals surface area contributed by atoms with Crippen LogP contribution in [0.1, 0.15) is 32.4 Å². The van der Waals surface area contributed by atoms with Crippen LogP contribution in [0.15, 0.2) is 22.7 Å². The Labute approximate surface area is 129 Å². The predicted octanol–water partition coefficient (Wildman–Crippen LogP) is 2.88. The smallest absolute Gasteiger partial charge is 0.257 e. The van der Waals surface area contributed by atoms with E-state index in [1.165, 1.54) is 0 Å². The van der Waals surface area contributed by atoms with Crippen LogP contribution in [0.4, 0.5) is 0 Å². The number of amides is 1. The molecule has 1 aromatic rings. The van der Waals surface area contributed by atoms with Crippen LogP contribution in [0.5, 0.6) is 5.75 Å². The number of hydrogen-bond donors (Lipinski definition) is 2. The first-order valence-electron chi connectivity index (χ1n) is 6.80. The van der Waals surface area contributed by atoms with Crippen LogP contribution in [-0.2, 0) is 4.79 Å². The molecule has 1 aromatic carbocycles. The van der Waals surface area contributed by atoms with Crippen molar-refractivity contribution in [2.75, 3.05) is 20.2 Å². The van der Waals surface area contributed by atoms with E-state index in [2.05, 4.69) is 47.3 Å². The first-order chi connectivity index (χ1) is 9.43. The summed E-state index contributed by atoms with van der Waals surface area (Å²) in [7, 11) is 1.89. The summed E-state index contributed by atoms with van der Waals surface area (Å²) in [6.07, 6.45) is 0. The monoisotopic (exact) mass is 342 g/mol. The van der Waals surface area contributed by atoms with Gasteiger partial charge in [-0.1, -0.05) is 35.8 Å². The summed E-state index contributed by atoms with van der Waals surface area (Å²) < 4.78 is 6.59. The zero-order valence-electron chi connectivity index (χ0n) is 12.5. The van der Waals surface area contributed by atoms with Crippen LogP contribution < -0.4 is 15.4 Å². The van der Waals surface area contributed by atoms with Gasteiger partial charge in [0.25, 0.3) is 5.91 Å². The van der Waals surface area contributed by atoms with Crippen molar-refractivity contribution in [3.8, 4) is 5.75 Å². The molecule has 1 rings (SSSR count). The molecule has 1 amide bonds. The van der Waals surface area contributed by atoms with Gasteiger partial charge in [0.2, 0.25) is 0 Å². The lowest BCUT2D eigenvalue weighted by atomic mass is 10.1. The van der Waals surface area contributed by atoms with Gasteiger partial charge >= 0.3 is 0 Å². The summed E-state index contributed by atoms with van der Waals surface area (Å²) in [6, 6.07) is 6.01. The van der Waals surface area contributed by atoms with Gasteiger partial charge < -0.3 is 15.4 Å². The molecule has 2 N–H and O–H groups in total. The van der Waals surface area contributed by atoms with E-state index in [1.807, 2.05) is 25.2 Å². The summed E-state index contributed by atoms with van der Waals surface area (Å²) in [5.74, 6) is 1.06. The molecule has 0 aliphatic rings. The first-order valence-corrected chi connectivity index (χ1v) is 7.59. The van der Waals surface area contributed by atoms with Crippen LogP contribution in [0, 0.1) is 5.92 Å². The number of ether oxygens (including phenoxy) is 1. The maximum atomic E-state index is 11.7. The molecule has 1 atom stereocenters. The summed E-state index contributed by atoms with van der Waals surface area (Å²) in [5, 5.41) is 6.01. The predicted molar refractivity (Wildman–Crippen MR) is 85.0 cm³/mol. The van der Waals surface area contributed by atoms with Gasteiger partial charge in [0.1, 0.15) is 5.75 Å². The highest BCUT2D eigenvalue weighted by atomic mass is 79.9. The normalized spacial score (nSPS) is 12.3. The second-order valence-corrected chi connectivity index (χ2v) is 6.09. The Kier molecular flexibility index (Phi) is 7.02. The molecule has 5 heteroatoms. The minimum Gasteiger partial charge on any atom is -0.483 e. The van der Waals surface area contributed by atoms with E-state index in [4.69, 9.17) is 4.74 Å². The molecular formula is C15H23BrN2O2. The molecule has 20 heavy (non-hydrogen) atoms. The first kappa shape index (κ1) is 17.0. The molecule has 0 saturated heterocycles. The lowest BCUT2D eigenvalue weighted by Gasteiger charge is -2.17. The van der Waals surface area contributed by atoms with Crippen LogP contribution in [0.2, 0.25) is 0 Å². The third kappa shape index (κ3) is 5.51. The molecule has 4 nitrogen and oxygen atoms in total. The molecule has 0 radical (unpaired) electrons. The second kappa shape index (κ2) is 8.27. The Morgan fingerprint density at radius 2 is 2.05 bits per heavy atom. The molecule has 1 unspecified atom stereocenters. The highest BCUT2D eigenvalue weighted by Gasteiger charge is 2.12. The van der Waals surface area contributed by atoms with E-state index < -0.39 is 0 Å². The molecule has 0 heterocycles. The summed E-state index contributed by atoms with van der Waals surface area (Å²) in [5.41, 5.74) is 1.03. The third-order valence-electron chi connectivity index (χ3n) is 2.94. The van der Waals surface area contributed by atoms with Crippen LogP contribution in [0.3, 0.4) is 0 Å². The second-order valence-electron chi connectivity index (χ2n) is 5.18.